The highest BCUT2D eigenvalue weighted by molar-refractivity contribution is 5.79. The van der Waals surface area contributed by atoms with Crippen molar-refractivity contribution in [1.29, 1.82) is 0 Å². The maximum Gasteiger partial charge on any atom is 0.206 e. The summed E-state index contributed by atoms with van der Waals surface area (Å²) >= 11 is 0. The van der Waals surface area contributed by atoms with Crippen LogP contribution in [-0.2, 0) is 4.74 Å². The van der Waals surface area contributed by atoms with E-state index in [1.165, 1.54) is 0 Å². The van der Waals surface area contributed by atoms with Crippen molar-refractivity contribution in [2.75, 3.05) is 40.9 Å². The van der Waals surface area contributed by atoms with E-state index in [0.717, 1.165) is 6.54 Å². The highest BCUT2D eigenvalue weighted by Crippen LogP contribution is 1.85. The molecule has 1 unspecified atom stereocenters. The molecular formula is C9H23N5O. The van der Waals surface area contributed by atoms with Crippen LogP contribution in [0.15, 0.2) is 4.99 Å². The number of hydrogen-bond donors (Lipinski definition) is 3. The number of nitrogens with zero attached hydrogens (tertiary/aromatic N) is 2. The number of nitrogens with two attached hydrogens (primary N) is 1. The van der Waals surface area contributed by atoms with Gasteiger partial charge in [-0.05, 0) is 21.0 Å². The minimum atomic E-state index is 0.289. The molecule has 1 atom stereocenters. The monoisotopic (exact) mass is 217 g/mol. The van der Waals surface area contributed by atoms with Gasteiger partial charge in [-0.1, -0.05) is 0 Å². The molecule has 0 bridgehead atoms. The zero-order valence-corrected chi connectivity index (χ0v) is 10.1. The molecular weight excluding hydrogens is 194 g/mol. The lowest BCUT2D eigenvalue weighted by Crippen LogP contribution is -2.48. The fraction of sp³-hybridized carbons (Fsp3) is 0.889. The summed E-state index contributed by atoms with van der Waals surface area (Å²) in [6.45, 7) is 4.18. The van der Waals surface area contributed by atoms with E-state index < -0.39 is 0 Å². The molecule has 90 valence electrons. The first-order chi connectivity index (χ1) is 7.10. The Hall–Kier alpha value is -0.850. The summed E-state index contributed by atoms with van der Waals surface area (Å²) < 4.78 is 4.89. The smallest absolute Gasteiger partial charge is 0.206 e. The third-order valence-electron chi connectivity index (χ3n) is 1.72. The van der Waals surface area contributed by atoms with E-state index in [4.69, 9.17) is 10.6 Å². The second-order valence-corrected chi connectivity index (χ2v) is 3.68. The van der Waals surface area contributed by atoms with Crippen LogP contribution in [-0.4, -0.2) is 57.8 Å². The van der Waals surface area contributed by atoms with Crippen LogP contribution in [0.5, 0.6) is 0 Å². The van der Waals surface area contributed by atoms with Gasteiger partial charge in [-0.2, -0.15) is 0 Å². The third-order valence-corrected chi connectivity index (χ3v) is 1.72. The number of likely N-dealkylation sites (N-methyl/N-ethyl adjacent to an activating group) is 1. The summed E-state index contributed by atoms with van der Waals surface area (Å²) in [5.74, 6) is 5.93. The van der Waals surface area contributed by atoms with Crippen LogP contribution < -0.4 is 16.6 Å². The zero-order chi connectivity index (χ0) is 11.7. The number of hydrazine groups is 1. The molecule has 0 amide bonds. The number of ether oxygens (including phenoxy) is 1. The van der Waals surface area contributed by atoms with E-state index in [1.807, 2.05) is 14.1 Å². The molecule has 0 saturated carbocycles. The first-order valence-corrected chi connectivity index (χ1v) is 5.01. The average Bonchev–Trinajstić information content (AvgIpc) is 2.15. The summed E-state index contributed by atoms with van der Waals surface area (Å²) in [6, 6.07) is 0.289. The van der Waals surface area contributed by atoms with E-state index in [9.17, 15) is 0 Å². The minimum absolute atomic E-state index is 0.289. The number of guanidine groups is 1. The summed E-state index contributed by atoms with van der Waals surface area (Å²) in [5.41, 5.74) is 2.53. The van der Waals surface area contributed by atoms with Gasteiger partial charge in [0.2, 0.25) is 5.96 Å². The molecule has 0 spiro atoms. The predicted molar refractivity (Wildman–Crippen MR) is 62.7 cm³/mol. The Morgan fingerprint density at radius 1 is 1.53 bits per heavy atom. The molecule has 0 aliphatic rings. The molecule has 4 N–H and O–H groups in total. The molecule has 0 fully saturated rings. The lowest BCUT2D eigenvalue weighted by molar-refractivity contribution is 0.207. The Morgan fingerprint density at radius 2 is 2.20 bits per heavy atom. The van der Waals surface area contributed by atoms with E-state index in [0.29, 0.717) is 19.1 Å². The topological polar surface area (TPSA) is 74.9 Å². The number of hydrogen-bond acceptors (Lipinski definition) is 4. The van der Waals surface area contributed by atoms with Crippen molar-refractivity contribution in [2.45, 2.75) is 13.0 Å². The molecule has 15 heavy (non-hydrogen) atoms. The van der Waals surface area contributed by atoms with Crippen molar-refractivity contribution in [3.05, 3.63) is 0 Å². The first kappa shape index (κ1) is 14.2. The maximum atomic E-state index is 5.34. The Bertz CT molecular complexity index is 183. The maximum absolute atomic E-state index is 5.34. The van der Waals surface area contributed by atoms with Gasteiger partial charge in [-0.3, -0.25) is 5.43 Å². The van der Waals surface area contributed by atoms with Crippen LogP contribution in [0.1, 0.15) is 6.92 Å². The van der Waals surface area contributed by atoms with Crippen LogP contribution in [0.2, 0.25) is 0 Å². The summed E-state index contributed by atoms with van der Waals surface area (Å²) in [7, 11) is 5.69. The fourth-order valence-corrected chi connectivity index (χ4v) is 1.21. The Kier molecular flexibility index (Phi) is 7.98. The van der Waals surface area contributed by atoms with Crippen LogP contribution in [0.4, 0.5) is 0 Å². The van der Waals surface area contributed by atoms with Crippen molar-refractivity contribution in [3.8, 4) is 0 Å². The third kappa shape index (κ3) is 8.17. The van der Waals surface area contributed by atoms with Crippen molar-refractivity contribution in [2.24, 2.45) is 10.8 Å². The lowest BCUT2D eigenvalue weighted by Gasteiger charge is -2.20. The molecule has 0 aliphatic carbocycles. The second kappa shape index (κ2) is 8.46. The summed E-state index contributed by atoms with van der Waals surface area (Å²) in [4.78, 5) is 6.30. The Balaban J connectivity index is 3.91. The predicted octanol–water partition coefficient (Wildman–Crippen LogP) is -1.01. The molecule has 0 radical (unpaired) electrons. The van der Waals surface area contributed by atoms with Gasteiger partial charge in [0.15, 0.2) is 0 Å². The lowest BCUT2D eigenvalue weighted by atomic mass is 10.3. The van der Waals surface area contributed by atoms with Crippen molar-refractivity contribution in [3.63, 3.8) is 0 Å². The largest absolute Gasteiger partial charge is 0.383 e. The molecule has 0 aromatic heterocycles. The zero-order valence-electron chi connectivity index (χ0n) is 10.1. The van der Waals surface area contributed by atoms with Crippen molar-refractivity contribution < 1.29 is 4.74 Å². The Morgan fingerprint density at radius 3 is 2.67 bits per heavy atom. The standard InChI is InChI=1S/C9H23N5O/c1-8(7-14(2)3)12-9(13-10)11-5-6-15-4/h8H,5-7,10H2,1-4H3,(H2,11,12,13). The number of rotatable bonds is 6. The second-order valence-electron chi connectivity index (χ2n) is 3.68. The van der Waals surface area contributed by atoms with Crippen LogP contribution in [0.3, 0.4) is 0 Å². The first-order valence-electron chi connectivity index (χ1n) is 5.01. The van der Waals surface area contributed by atoms with Gasteiger partial charge in [0.25, 0.3) is 0 Å². The average molecular weight is 217 g/mol. The van der Waals surface area contributed by atoms with E-state index in [-0.39, 0.29) is 6.04 Å². The van der Waals surface area contributed by atoms with E-state index in [1.54, 1.807) is 7.11 Å². The summed E-state index contributed by atoms with van der Waals surface area (Å²) in [5, 5.41) is 3.17. The Labute approximate surface area is 91.8 Å². The number of methoxy groups -OCH3 is 1. The van der Waals surface area contributed by atoms with Crippen LogP contribution in [0, 0.1) is 0 Å². The summed E-state index contributed by atoms with van der Waals surface area (Å²) in [6.07, 6.45) is 0. The van der Waals surface area contributed by atoms with Crippen molar-refractivity contribution >= 4 is 5.96 Å². The van der Waals surface area contributed by atoms with E-state index in [2.05, 4.69) is 27.6 Å². The molecule has 0 aliphatic heterocycles. The van der Waals surface area contributed by atoms with Gasteiger partial charge < -0.3 is 15.0 Å². The molecule has 0 saturated heterocycles. The van der Waals surface area contributed by atoms with Gasteiger partial charge in [0, 0.05) is 19.7 Å². The molecule has 0 rings (SSSR count). The van der Waals surface area contributed by atoms with Gasteiger partial charge in [0.05, 0.1) is 13.2 Å². The van der Waals surface area contributed by atoms with Gasteiger partial charge >= 0.3 is 0 Å². The van der Waals surface area contributed by atoms with Crippen LogP contribution >= 0.6 is 0 Å². The fourth-order valence-electron chi connectivity index (χ4n) is 1.21. The highest BCUT2D eigenvalue weighted by atomic mass is 16.5. The minimum Gasteiger partial charge on any atom is -0.383 e. The molecule has 6 heteroatoms. The number of aliphatic imine (C=N–C) groups is 1. The van der Waals surface area contributed by atoms with Gasteiger partial charge in [-0.25, -0.2) is 10.8 Å². The highest BCUT2D eigenvalue weighted by Gasteiger charge is 2.04. The molecule has 0 heterocycles. The van der Waals surface area contributed by atoms with Gasteiger partial charge in [-0.15, -0.1) is 0 Å². The van der Waals surface area contributed by atoms with Crippen molar-refractivity contribution in [1.82, 2.24) is 15.6 Å². The van der Waals surface area contributed by atoms with Crippen LogP contribution in [0.25, 0.3) is 0 Å². The quantitative estimate of drug-likeness (QED) is 0.175. The molecule has 6 nitrogen and oxygen atoms in total. The molecule has 0 aromatic carbocycles. The SMILES string of the molecule is COCCN=C(NN)NC(C)CN(C)C. The van der Waals surface area contributed by atoms with Gasteiger partial charge in [0.1, 0.15) is 0 Å². The number of nitrogens with one attached hydrogen (secondary N) is 2. The normalized spacial score (nSPS) is 14.1. The van der Waals surface area contributed by atoms with E-state index >= 15 is 0 Å². The molecule has 0 aromatic rings.